The van der Waals surface area contributed by atoms with Crippen LogP contribution >= 0.6 is 11.6 Å². The summed E-state index contributed by atoms with van der Waals surface area (Å²) in [6.07, 6.45) is 3.60. The Balaban J connectivity index is 1.69. The maximum atomic E-state index is 13.0. The number of nitrogens with zero attached hydrogens (tertiary/aromatic N) is 2. The highest BCUT2D eigenvalue weighted by Crippen LogP contribution is 2.28. The molecule has 148 valence electrons. The molecule has 0 unspecified atom stereocenters. The Labute approximate surface area is 174 Å². The summed E-state index contributed by atoms with van der Waals surface area (Å²) in [7, 11) is 0. The third-order valence-electron chi connectivity index (χ3n) is 5.28. The Kier molecular flexibility index (Phi) is 5.49. The Bertz CT molecular complexity index is 1120. The van der Waals surface area contributed by atoms with Crippen molar-refractivity contribution in [2.24, 2.45) is 0 Å². The molecule has 3 aromatic rings. The quantitative estimate of drug-likeness (QED) is 0.697. The van der Waals surface area contributed by atoms with Gasteiger partial charge in [0.15, 0.2) is 0 Å². The number of aromatic nitrogens is 2. The molecule has 0 saturated carbocycles. The van der Waals surface area contributed by atoms with Crippen LogP contribution < -0.4 is 10.9 Å². The molecule has 0 bridgehead atoms. The standard InChI is InChI=1S/C23H22ClN3O2/c1-15-11-12-17(24)13-20(15)25-21(28)14-27-23(29)19-10-6-5-9-18(19)22(26-27)16-7-3-2-4-8-16/h2-4,7-8,11-13H,5-6,9-10,14H2,1H3,(H,25,28). The van der Waals surface area contributed by atoms with Crippen LogP contribution in [0.5, 0.6) is 0 Å². The summed E-state index contributed by atoms with van der Waals surface area (Å²) in [6, 6.07) is 15.2. The van der Waals surface area contributed by atoms with E-state index in [1.807, 2.05) is 43.3 Å². The van der Waals surface area contributed by atoms with Gasteiger partial charge in [0.1, 0.15) is 6.54 Å². The summed E-state index contributed by atoms with van der Waals surface area (Å²) in [5.41, 5.74) is 4.94. The number of carbonyl (C=O) groups excluding carboxylic acids is 1. The molecule has 1 aliphatic carbocycles. The van der Waals surface area contributed by atoms with Gasteiger partial charge in [0, 0.05) is 21.8 Å². The first-order valence-electron chi connectivity index (χ1n) is 9.77. The second kappa shape index (κ2) is 8.21. The van der Waals surface area contributed by atoms with Gasteiger partial charge in [0.05, 0.1) is 5.69 Å². The van der Waals surface area contributed by atoms with Crippen molar-refractivity contribution in [2.45, 2.75) is 39.2 Å². The number of amides is 1. The van der Waals surface area contributed by atoms with Crippen LogP contribution in [-0.4, -0.2) is 15.7 Å². The van der Waals surface area contributed by atoms with E-state index in [9.17, 15) is 9.59 Å². The van der Waals surface area contributed by atoms with Crippen LogP contribution in [0.25, 0.3) is 11.3 Å². The zero-order valence-electron chi connectivity index (χ0n) is 16.2. The fourth-order valence-electron chi connectivity index (χ4n) is 3.77. The van der Waals surface area contributed by atoms with Crippen LogP contribution in [0.4, 0.5) is 5.69 Å². The highest BCUT2D eigenvalue weighted by Gasteiger charge is 2.22. The zero-order valence-corrected chi connectivity index (χ0v) is 17.0. The maximum Gasteiger partial charge on any atom is 0.270 e. The number of hydrogen-bond donors (Lipinski definition) is 1. The molecule has 1 heterocycles. The summed E-state index contributed by atoms with van der Waals surface area (Å²) >= 11 is 6.03. The van der Waals surface area contributed by atoms with Crippen molar-refractivity contribution in [3.8, 4) is 11.3 Å². The van der Waals surface area contributed by atoms with E-state index < -0.39 is 0 Å². The van der Waals surface area contributed by atoms with Crippen molar-refractivity contribution in [1.29, 1.82) is 0 Å². The van der Waals surface area contributed by atoms with Crippen molar-refractivity contribution >= 4 is 23.2 Å². The minimum atomic E-state index is -0.306. The molecule has 1 N–H and O–H groups in total. The van der Waals surface area contributed by atoms with E-state index in [1.54, 1.807) is 12.1 Å². The number of fused-ring (bicyclic) bond motifs is 1. The number of halogens is 1. The third-order valence-corrected chi connectivity index (χ3v) is 5.52. The smallest absolute Gasteiger partial charge is 0.270 e. The van der Waals surface area contributed by atoms with Crippen LogP contribution in [0.3, 0.4) is 0 Å². The Morgan fingerprint density at radius 1 is 1.10 bits per heavy atom. The molecular formula is C23H22ClN3O2. The van der Waals surface area contributed by atoms with E-state index in [-0.39, 0.29) is 18.0 Å². The second-order valence-electron chi connectivity index (χ2n) is 7.35. The molecule has 5 nitrogen and oxygen atoms in total. The monoisotopic (exact) mass is 407 g/mol. The molecule has 29 heavy (non-hydrogen) atoms. The topological polar surface area (TPSA) is 64.0 Å². The van der Waals surface area contributed by atoms with E-state index >= 15 is 0 Å². The fourth-order valence-corrected chi connectivity index (χ4v) is 3.95. The Hall–Kier alpha value is -2.92. The summed E-state index contributed by atoms with van der Waals surface area (Å²) in [5, 5.41) is 7.98. The second-order valence-corrected chi connectivity index (χ2v) is 7.79. The Morgan fingerprint density at radius 2 is 1.83 bits per heavy atom. The lowest BCUT2D eigenvalue weighted by Gasteiger charge is -2.20. The molecule has 0 spiro atoms. The maximum absolute atomic E-state index is 13.0. The predicted octanol–water partition coefficient (Wildman–Crippen LogP) is 4.39. The number of aryl methyl sites for hydroxylation is 1. The Morgan fingerprint density at radius 3 is 2.59 bits per heavy atom. The van der Waals surface area contributed by atoms with Gasteiger partial charge >= 0.3 is 0 Å². The van der Waals surface area contributed by atoms with E-state index in [1.165, 1.54) is 4.68 Å². The number of nitrogens with one attached hydrogen (secondary N) is 1. The van der Waals surface area contributed by atoms with Crippen LogP contribution in [0.1, 0.15) is 29.5 Å². The molecule has 2 aromatic carbocycles. The number of rotatable bonds is 4. The molecule has 1 aromatic heterocycles. The van der Waals surface area contributed by atoms with Crippen LogP contribution in [0, 0.1) is 6.92 Å². The molecule has 1 amide bonds. The summed E-state index contributed by atoms with van der Waals surface area (Å²) in [4.78, 5) is 25.7. The fraction of sp³-hybridized carbons (Fsp3) is 0.261. The molecule has 0 fully saturated rings. The van der Waals surface area contributed by atoms with Gasteiger partial charge in [-0.05, 0) is 55.9 Å². The molecule has 0 saturated heterocycles. The van der Waals surface area contributed by atoms with Gasteiger partial charge in [-0.2, -0.15) is 5.10 Å². The van der Waals surface area contributed by atoms with Gasteiger partial charge < -0.3 is 5.32 Å². The lowest BCUT2D eigenvalue weighted by molar-refractivity contribution is -0.117. The van der Waals surface area contributed by atoms with Gasteiger partial charge in [-0.15, -0.1) is 0 Å². The van der Waals surface area contributed by atoms with Gasteiger partial charge in [-0.25, -0.2) is 4.68 Å². The molecule has 0 radical (unpaired) electrons. The minimum Gasteiger partial charge on any atom is -0.324 e. The third kappa shape index (κ3) is 4.10. The first kappa shape index (κ1) is 19.4. The molecule has 0 atom stereocenters. The largest absolute Gasteiger partial charge is 0.324 e. The van der Waals surface area contributed by atoms with Gasteiger partial charge in [-0.1, -0.05) is 48.0 Å². The van der Waals surface area contributed by atoms with Crippen molar-refractivity contribution in [2.75, 3.05) is 5.32 Å². The average Bonchev–Trinajstić information content (AvgIpc) is 2.73. The van der Waals surface area contributed by atoms with Crippen molar-refractivity contribution in [3.05, 3.63) is 80.6 Å². The van der Waals surface area contributed by atoms with Crippen molar-refractivity contribution < 1.29 is 4.79 Å². The summed E-state index contributed by atoms with van der Waals surface area (Å²) < 4.78 is 1.29. The van der Waals surface area contributed by atoms with Gasteiger partial charge in [0.2, 0.25) is 5.91 Å². The zero-order chi connectivity index (χ0) is 20.4. The molecule has 6 heteroatoms. The number of benzene rings is 2. The molecular weight excluding hydrogens is 386 g/mol. The van der Waals surface area contributed by atoms with E-state index in [4.69, 9.17) is 11.6 Å². The molecule has 1 aliphatic rings. The normalized spacial score (nSPS) is 13.0. The number of hydrogen-bond acceptors (Lipinski definition) is 3. The highest BCUT2D eigenvalue weighted by molar-refractivity contribution is 6.31. The molecule has 4 rings (SSSR count). The van der Waals surface area contributed by atoms with Crippen LogP contribution in [0.2, 0.25) is 5.02 Å². The number of carbonyl (C=O) groups is 1. The van der Waals surface area contributed by atoms with E-state index in [0.717, 1.165) is 53.6 Å². The molecule has 0 aliphatic heterocycles. The minimum absolute atomic E-state index is 0.141. The van der Waals surface area contributed by atoms with Crippen molar-refractivity contribution in [1.82, 2.24) is 9.78 Å². The van der Waals surface area contributed by atoms with E-state index in [2.05, 4.69) is 10.4 Å². The van der Waals surface area contributed by atoms with Gasteiger partial charge in [-0.3, -0.25) is 9.59 Å². The van der Waals surface area contributed by atoms with Crippen LogP contribution in [0.15, 0.2) is 53.3 Å². The predicted molar refractivity (Wildman–Crippen MR) is 115 cm³/mol. The lowest BCUT2D eigenvalue weighted by atomic mass is 9.90. The first-order chi connectivity index (χ1) is 14.0. The van der Waals surface area contributed by atoms with Crippen LogP contribution in [-0.2, 0) is 24.2 Å². The van der Waals surface area contributed by atoms with Crippen molar-refractivity contribution in [3.63, 3.8) is 0 Å². The SMILES string of the molecule is Cc1ccc(Cl)cc1NC(=O)Cn1nc(-c2ccccc2)c2c(c1=O)CCCC2. The first-order valence-corrected chi connectivity index (χ1v) is 10.1. The summed E-state index contributed by atoms with van der Waals surface area (Å²) in [6.45, 7) is 1.75. The van der Waals surface area contributed by atoms with Gasteiger partial charge in [0.25, 0.3) is 5.56 Å². The van der Waals surface area contributed by atoms with E-state index in [0.29, 0.717) is 10.7 Å². The number of anilines is 1. The average molecular weight is 408 g/mol. The summed E-state index contributed by atoms with van der Waals surface area (Å²) in [5.74, 6) is -0.306. The highest BCUT2D eigenvalue weighted by atomic mass is 35.5. The lowest BCUT2D eigenvalue weighted by Crippen LogP contribution is -2.34.